The Kier molecular flexibility index (Phi) is 6.67. The first-order valence-electron chi connectivity index (χ1n) is 15.6. The molecule has 4 aliphatic rings. The molecule has 0 radical (unpaired) electrons. The molecule has 8 rings (SSSR count). The molecule has 4 aliphatic heterocycles. The number of benzene rings is 2. The van der Waals surface area contributed by atoms with E-state index in [2.05, 4.69) is 83.9 Å². The van der Waals surface area contributed by atoms with E-state index in [1.165, 1.54) is 64.8 Å². The zero-order valence-electron chi connectivity index (χ0n) is 25.2. The summed E-state index contributed by atoms with van der Waals surface area (Å²) in [6.45, 7) is 11.1. The molecule has 0 aliphatic carbocycles. The maximum atomic E-state index is 5.14. The Bertz CT molecular complexity index is 1530. The number of thiazole rings is 2. The molecular formula is C34H40N6S2. The molecule has 6 nitrogen and oxygen atoms in total. The minimum absolute atomic E-state index is 0.296. The van der Waals surface area contributed by atoms with E-state index in [4.69, 9.17) is 9.97 Å². The Morgan fingerprint density at radius 1 is 0.619 bits per heavy atom. The quantitative estimate of drug-likeness (QED) is 0.262. The van der Waals surface area contributed by atoms with Crippen molar-refractivity contribution < 1.29 is 0 Å². The second-order valence-corrected chi connectivity index (χ2v) is 14.9. The van der Waals surface area contributed by atoms with Crippen molar-refractivity contribution in [1.29, 1.82) is 0 Å². The zero-order chi connectivity index (χ0) is 28.5. The van der Waals surface area contributed by atoms with Crippen LogP contribution in [0.25, 0.3) is 11.1 Å². The van der Waals surface area contributed by atoms with E-state index in [1.807, 2.05) is 22.7 Å². The summed E-state index contributed by atoms with van der Waals surface area (Å²) >= 11 is 3.86. The predicted molar refractivity (Wildman–Crippen MR) is 175 cm³/mol. The third kappa shape index (κ3) is 4.41. The normalized spacial score (nSPS) is 19.9. The molecule has 0 spiro atoms. The summed E-state index contributed by atoms with van der Waals surface area (Å²) in [7, 11) is 4.43. The summed E-state index contributed by atoms with van der Waals surface area (Å²) in [6.07, 6.45) is 4.33. The topological polar surface area (TPSA) is 38.7 Å². The van der Waals surface area contributed by atoms with Crippen LogP contribution in [-0.2, 0) is 38.8 Å². The molecule has 0 bridgehead atoms. The molecule has 0 N–H and O–H groups in total. The largest absolute Gasteiger partial charge is 0.362 e. The number of aromatic nitrogens is 2. The summed E-state index contributed by atoms with van der Waals surface area (Å²) in [5.41, 5.74) is 11.3. The molecule has 8 heteroatoms. The summed E-state index contributed by atoms with van der Waals surface area (Å²) < 4.78 is 0. The number of hydrogen-bond acceptors (Lipinski definition) is 8. The minimum atomic E-state index is 0.296. The SMILES string of the molecule is CC(c1nc2c(s1)CN(C)CC2)N1CCc2c(-c3cccc4c3CCN4C(C)c3nc4c(s3)CN(C)CC4)cccc21. The van der Waals surface area contributed by atoms with Crippen molar-refractivity contribution in [1.82, 2.24) is 19.8 Å². The summed E-state index contributed by atoms with van der Waals surface area (Å²) in [5, 5.41) is 2.54. The van der Waals surface area contributed by atoms with Gasteiger partial charge in [-0.15, -0.1) is 22.7 Å². The highest BCUT2D eigenvalue weighted by molar-refractivity contribution is 7.12. The van der Waals surface area contributed by atoms with E-state index in [-0.39, 0.29) is 0 Å². The van der Waals surface area contributed by atoms with Crippen LogP contribution in [0.4, 0.5) is 11.4 Å². The van der Waals surface area contributed by atoms with Gasteiger partial charge in [0.05, 0.1) is 23.5 Å². The van der Waals surface area contributed by atoms with Gasteiger partial charge in [-0.05, 0) is 75.2 Å². The minimum Gasteiger partial charge on any atom is -0.362 e. The molecule has 0 fully saturated rings. The Balaban J connectivity index is 1.09. The number of rotatable bonds is 5. The molecule has 4 aromatic rings. The fourth-order valence-corrected chi connectivity index (χ4v) is 10.1. The highest BCUT2D eigenvalue weighted by atomic mass is 32.1. The number of likely N-dealkylation sites (N-methyl/N-ethyl adjacent to an activating group) is 2. The Morgan fingerprint density at radius 2 is 1.07 bits per heavy atom. The van der Waals surface area contributed by atoms with Gasteiger partial charge in [0.15, 0.2) is 0 Å². The second kappa shape index (κ2) is 10.4. The van der Waals surface area contributed by atoms with Crippen molar-refractivity contribution in [2.24, 2.45) is 0 Å². The first kappa shape index (κ1) is 26.8. The Morgan fingerprint density at radius 3 is 1.52 bits per heavy atom. The smallest absolute Gasteiger partial charge is 0.115 e. The van der Waals surface area contributed by atoms with Gasteiger partial charge in [-0.25, -0.2) is 9.97 Å². The van der Waals surface area contributed by atoms with Gasteiger partial charge in [0.1, 0.15) is 10.0 Å². The standard InChI is InChI=1S/C34H40N6S2/c1-21(33-35-27-13-15-37(3)19-31(27)41-33)39-17-11-25-23(7-5-9-29(25)39)24-8-6-10-30-26(24)12-18-40(30)22(2)34-36-28-14-16-38(4)20-32(28)42-34/h5-10,21-22H,11-20H2,1-4H3. The van der Waals surface area contributed by atoms with Crippen LogP contribution < -0.4 is 9.80 Å². The van der Waals surface area contributed by atoms with Crippen molar-refractivity contribution in [3.8, 4) is 11.1 Å². The van der Waals surface area contributed by atoms with Crippen molar-refractivity contribution in [3.05, 3.63) is 78.7 Å². The van der Waals surface area contributed by atoms with E-state index in [0.29, 0.717) is 12.1 Å². The van der Waals surface area contributed by atoms with E-state index < -0.39 is 0 Å². The lowest BCUT2D eigenvalue weighted by Gasteiger charge is -2.26. The van der Waals surface area contributed by atoms with Gasteiger partial charge >= 0.3 is 0 Å². The average Bonchev–Trinajstić information content (AvgIpc) is 3.79. The van der Waals surface area contributed by atoms with Crippen molar-refractivity contribution >= 4 is 34.0 Å². The molecule has 218 valence electrons. The van der Waals surface area contributed by atoms with Crippen LogP contribution in [0.3, 0.4) is 0 Å². The molecule has 6 heterocycles. The predicted octanol–water partition coefficient (Wildman–Crippen LogP) is 6.49. The van der Waals surface area contributed by atoms with Gasteiger partial charge in [-0.3, -0.25) is 0 Å². The second-order valence-electron chi connectivity index (χ2n) is 12.7. The molecule has 2 aromatic heterocycles. The molecule has 42 heavy (non-hydrogen) atoms. The number of hydrogen-bond donors (Lipinski definition) is 0. The molecule has 0 saturated carbocycles. The van der Waals surface area contributed by atoms with Gasteiger partial charge in [-0.1, -0.05) is 24.3 Å². The van der Waals surface area contributed by atoms with Crippen LogP contribution in [0.5, 0.6) is 0 Å². The van der Waals surface area contributed by atoms with Gasteiger partial charge in [0.25, 0.3) is 0 Å². The van der Waals surface area contributed by atoms with Crippen molar-refractivity contribution in [2.75, 3.05) is 50.1 Å². The van der Waals surface area contributed by atoms with Crippen LogP contribution in [0.2, 0.25) is 0 Å². The van der Waals surface area contributed by atoms with E-state index in [9.17, 15) is 0 Å². The molecule has 0 saturated heterocycles. The molecule has 2 aromatic carbocycles. The molecular weight excluding hydrogens is 557 g/mol. The highest BCUT2D eigenvalue weighted by Crippen LogP contribution is 2.46. The molecule has 2 unspecified atom stereocenters. The van der Waals surface area contributed by atoms with E-state index in [1.54, 1.807) is 0 Å². The van der Waals surface area contributed by atoms with Gasteiger partial charge < -0.3 is 19.6 Å². The summed E-state index contributed by atoms with van der Waals surface area (Å²) in [6, 6.07) is 14.5. The van der Waals surface area contributed by atoms with Crippen LogP contribution in [0.15, 0.2) is 36.4 Å². The van der Waals surface area contributed by atoms with Gasteiger partial charge in [0, 0.05) is 73.2 Å². The third-order valence-corrected chi connectivity index (χ3v) is 12.4. The highest BCUT2D eigenvalue weighted by Gasteiger charge is 2.33. The number of fused-ring (bicyclic) bond motifs is 4. The van der Waals surface area contributed by atoms with Crippen LogP contribution in [0.1, 0.15) is 68.2 Å². The lowest BCUT2D eigenvalue weighted by atomic mass is 9.93. The van der Waals surface area contributed by atoms with Gasteiger partial charge in [-0.2, -0.15) is 0 Å². The maximum absolute atomic E-state index is 5.14. The number of nitrogens with zero attached hydrogens (tertiary/aromatic N) is 6. The fourth-order valence-electron chi connectivity index (χ4n) is 7.54. The lowest BCUT2D eigenvalue weighted by Crippen LogP contribution is -2.25. The Labute approximate surface area is 257 Å². The fraction of sp³-hybridized carbons (Fsp3) is 0.471. The van der Waals surface area contributed by atoms with Crippen molar-refractivity contribution in [2.45, 2.75) is 64.7 Å². The maximum Gasteiger partial charge on any atom is 0.115 e. The third-order valence-electron chi connectivity index (χ3n) is 9.94. The molecule has 2 atom stereocenters. The summed E-state index contributed by atoms with van der Waals surface area (Å²) in [5.74, 6) is 0. The Hall–Kier alpha value is -2.78. The van der Waals surface area contributed by atoms with Crippen LogP contribution in [0, 0.1) is 0 Å². The summed E-state index contributed by atoms with van der Waals surface area (Å²) in [4.78, 5) is 23.2. The number of anilines is 2. The lowest BCUT2D eigenvalue weighted by molar-refractivity contribution is 0.314. The van der Waals surface area contributed by atoms with Crippen molar-refractivity contribution in [3.63, 3.8) is 0 Å². The van der Waals surface area contributed by atoms with Crippen LogP contribution >= 0.6 is 22.7 Å². The first-order chi connectivity index (χ1) is 20.4. The molecule has 0 amide bonds. The van der Waals surface area contributed by atoms with Gasteiger partial charge in [0.2, 0.25) is 0 Å². The van der Waals surface area contributed by atoms with E-state index >= 15 is 0 Å². The van der Waals surface area contributed by atoms with E-state index in [0.717, 1.165) is 65.0 Å². The van der Waals surface area contributed by atoms with Crippen LogP contribution in [-0.4, -0.2) is 60.0 Å². The zero-order valence-corrected chi connectivity index (χ0v) is 26.8. The average molecular weight is 597 g/mol. The first-order valence-corrected chi connectivity index (χ1v) is 17.2. The monoisotopic (exact) mass is 596 g/mol.